The molecule has 24 heavy (non-hydrogen) atoms. The van der Waals surface area contributed by atoms with E-state index in [2.05, 4.69) is 30.1 Å². The second kappa shape index (κ2) is 7.05. The van der Waals surface area contributed by atoms with Crippen molar-refractivity contribution in [3.63, 3.8) is 0 Å². The van der Waals surface area contributed by atoms with Crippen molar-refractivity contribution in [1.82, 2.24) is 0 Å². The molecule has 0 saturated heterocycles. The fourth-order valence-electron chi connectivity index (χ4n) is 2.65. The van der Waals surface area contributed by atoms with E-state index in [4.69, 9.17) is 22.1 Å². The van der Waals surface area contributed by atoms with Gasteiger partial charge in [0, 0.05) is 22.7 Å². The molecule has 0 fully saturated rings. The highest BCUT2D eigenvalue weighted by Crippen LogP contribution is 2.33. The Kier molecular flexibility index (Phi) is 4.86. The molecule has 2 N–H and O–H groups in total. The highest BCUT2D eigenvalue weighted by atomic mass is 35.5. The lowest BCUT2D eigenvalue weighted by Gasteiger charge is -2.15. The molecule has 0 amide bonds. The third-order valence-electron chi connectivity index (χ3n) is 4.22. The zero-order chi connectivity index (χ0) is 17.1. The highest BCUT2D eigenvalue weighted by Gasteiger charge is 2.14. The van der Waals surface area contributed by atoms with Crippen LogP contribution in [-0.2, 0) is 6.42 Å². The van der Waals surface area contributed by atoms with Crippen molar-refractivity contribution >= 4 is 23.1 Å². The Morgan fingerprint density at radius 3 is 2.54 bits per heavy atom. The van der Waals surface area contributed by atoms with Gasteiger partial charge in [-0.2, -0.15) is 5.10 Å². The van der Waals surface area contributed by atoms with E-state index < -0.39 is 0 Å². The Labute approximate surface area is 147 Å². The van der Waals surface area contributed by atoms with Crippen molar-refractivity contribution in [2.75, 3.05) is 0 Å². The van der Waals surface area contributed by atoms with Crippen molar-refractivity contribution in [1.29, 1.82) is 0 Å². The summed E-state index contributed by atoms with van der Waals surface area (Å²) in [5, 5.41) is 8.68. The second-order valence-electron chi connectivity index (χ2n) is 5.95. The topological polar surface area (TPSA) is 60.0 Å². The van der Waals surface area contributed by atoms with Crippen LogP contribution in [-0.4, -0.2) is 11.5 Å². The zero-order valence-corrected chi connectivity index (χ0v) is 14.6. The summed E-state index contributed by atoms with van der Waals surface area (Å²) >= 11 is 6.41. The van der Waals surface area contributed by atoms with Crippen LogP contribution in [0.4, 0.5) is 0 Å². The first-order chi connectivity index (χ1) is 11.5. The molecule has 0 aliphatic carbocycles. The van der Waals surface area contributed by atoms with Crippen LogP contribution < -0.4 is 10.5 Å². The summed E-state index contributed by atoms with van der Waals surface area (Å²) in [4.78, 5) is 0. The minimum atomic E-state index is 0.566. The van der Waals surface area contributed by atoms with Crippen LogP contribution in [0.1, 0.15) is 29.5 Å². The summed E-state index contributed by atoms with van der Waals surface area (Å²) in [7, 11) is 0. The molecule has 0 saturated carbocycles. The highest BCUT2D eigenvalue weighted by molar-refractivity contribution is 6.31. The molecule has 1 aliphatic rings. The summed E-state index contributed by atoms with van der Waals surface area (Å²) in [5.74, 6) is 2.20. The molecule has 0 atom stereocenters. The maximum absolute atomic E-state index is 6.41. The molecule has 2 aromatic carbocycles. The summed E-state index contributed by atoms with van der Waals surface area (Å²) in [6, 6.07) is 11.8. The Hall–Kier alpha value is -2.33. The molecule has 1 aliphatic heterocycles. The first-order valence-electron chi connectivity index (χ1n) is 7.94. The molecular weight excluding hydrogens is 322 g/mol. The number of hydrogen-bond acceptors (Lipinski definition) is 4. The fourth-order valence-corrected chi connectivity index (χ4v) is 2.91. The van der Waals surface area contributed by atoms with E-state index in [9.17, 15) is 0 Å². The quantitative estimate of drug-likeness (QED) is 0.849. The van der Waals surface area contributed by atoms with Gasteiger partial charge in [-0.05, 0) is 56.0 Å². The van der Waals surface area contributed by atoms with Crippen LogP contribution in [0.15, 0.2) is 46.6 Å². The number of nitrogens with zero attached hydrogens (tertiary/aromatic N) is 2. The number of hydrogen-bond donors (Lipinski definition) is 1. The molecule has 0 radical (unpaired) electrons. The van der Waals surface area contributed by atoms with Crippen molar-refractivity contribution in [2.45, 2.75) is 33.1 Å². The first kappa shape index (κ1) is 16.5. The van der Waals surface area contributed by atoms with Crippen LogP contribution in [0.25, 0.3) is 0 Å². The minimum absolute atomic E-state index is 0.566. The summed E-state index contributed by atoms with van der Waals surface area (Å²) in [6.45, 7) is 4.13. The number of benzene rings is 2. The number of aryl methyl sites for hydroxylation is 1. The van der Waals surface area contributed by atoms with Gasteiger partial charge < -0.3 is 10.5 Å². The van der Waals surface area contributed by atoms with Crippen LogP contribution in [0, 0.1) is 13.8 Å². The maximum atomic E-state index is 6.41. The molecule has 1 heterocycles. The number of rotatable bonds is 5. The Morgan fingerprint density at radius 2 is 1.79 bits per heavy atom. The van der Waals surface area contributed by atoms with Gasteiger partial charge in [-0.15, -0.1) is 5.10 Å². The third-order valence-corrected chi connectivity index (χ3v) is 4.57. The smallest absolute Gasteiger partial charge is 0.132 e. The van der Waals surface area contributed by atoms with Gasteiger partial charge in [-0.3, -0.25) is 0 Å². The van der Waals surface area contributed by atoms with E-state index in [1.807, 2.05) is 30.3 Å². The molecule has 0 aromatic heterocycles. The van der Waals surface area contributed by atoms with Gasteiger partial charge in [-0.25, -0.2) is 0 Å². The Balaban J connectivity index is 1.81. The summed E-state index contributed by atoms with van der Waals surface area (Å²) in [6.07, 6.45) is 2.14. The second-order valence-corrected chi connectivity index (χ2v) is 6.36. The third kappa shape index (κ3) is 3.60. The van der Waals surface area contributed by atoms with Gasteiger partial charge in [0.1, 0.15) is 17.3 Å². The van der Waals surface area contributed by atoms with Gasteiger partial charge >= 0.3 is 0 Å². The monoisotopic (exact) mass is 341 g/mol. The molecule has 0 bridgehead atoms. The van der Waals surface area contributed by atoms with Gasteiger partial charge in [0.2, 0.25) is 0 Å². The molecule has 3 rings (SSSR count). The number of nitrogens with two attached hydrogens (primary N) is 1. The van der Waals surface area contributed by atoms with E-state index in [1.165, 1.54) is 5.56 Å². The molecule has 2 aromatic rings. The molecule has 0 unspecified atom stereocenters. The number of amidine groups is 1. The van der Waals surface area contributed by atoms with E-state index in [-0.39, 0.29) is 0 Å². The predicted octanol–water partition coefficient (Wildman–Crippen LogP) is 4.80. The number of halogens is 1. The molecule has 124 valence electrons. The SMILES string of the molecule is Cc1cccc(Oc2cccc(Cl)c2CCC2=NN=C(N)C2)c1C. The van der Waals surface area contributed by atoms with Crippen molar-refractivity contribution in [3.05, 3.63) is 58.1 Å². The average molecular weight is 342 g/mol. The lowest BCUT2D eigenvalue weighted by molar-refractivity contribution is 0.472. The van der Waals surface area contributed by atoms with Crippen LogP contribution >= 0.6 is 11.6 Å². The van der Waals surface area contributed by atoms with E-state index in [0.717, 1.165) is 41.2 Å². The summed E-state index contributed by atoms with van der Waals surface area (Å²) in [5.41, 5.74) is 9.96. The first-order valence-corrected chi connectivity index (χ1v) is 8.31. The van der Waals surface area contributed by atoms with Gasteiger partial charge in [-0.1, -0.05) is 29.8 Å². The fraction of sp³-hybridized carbons (Fsp3) is 0.263. The molecular formula is C19H20ClN3O. The molecule has 5 heteroatoms. The molecule has 0 spiro atoms. The van der Waals surface area contributed by atoms with E-state index in [0.29, 0.717) is 17.3 Å². The van der Waals surface area contributed by atoms with E-state index >= 15 is 0 Å². The maximum Gasteiger partial charge on any atom is 0.132 e. The van der Waals surface area contributed by atoms with Crippen LogP contribution in [0.2, 0.25) is 5.02 Å². The lowest BCUT2D eigenvalue weighted by atomic mass is 10.0. The van der Waals surface area contributed by atoms with Crippen LogP contribution in [0.5, 0.6) is 11.5 Å². The van der Waals surface area contributed by atoms with E-state index in [1.54, 1.807) is 0 Å². The Morgan fingerprint density at radius 1 is 1.04 bits per heavy atom. The van der Waals surface area contributed by atoms with Gasteiger partial charge in [0.25, 0.3) is 0 Å². The van der Waals surface area contributed by atoms with Crippen molar-refractivity contribution in [3.8, 4) is 11.5 Å². The minimum Gasteiger partial charge on any atom is -0.457 e. The van der Waals surface area contributed by atoms with Crippen molar-refractivity contribution in [2.24, 2.45) is 15.9 Å². The predicted molar refractivity (Wildman–Crippen MR) is 99.4 cm³/mol. The normalized spacial score (nSPS) is 13.6. The molecule has 4 nitrogen and oxygen atoms in total. The summed E-state index contributed by atoms with van der Waals surface area (Å²) < 4.78 is 6.16. The van der Waals surface area contributed by atoms with Crippen LogP contribution in [0.3, 0.4) is 0 Å². The average Bonchev–Trinajstić information content (AvgIpc) is 2.97. The van der Waals surface area contributed by atoms with Gasteiger partial charge in [0.15, 0.2) is 0 Å². The standard InChI is InChI=1S/C19H20ClN3O/c1-12-5-3-7-17(13(12)2)24-18-8-4-6-16(20)15(18)10-9-14-11-19(21)23-22-14/h3-8H,9-11H2,1-2H3,(H2,21,23). The largest absolute Gasteiger partial charge is 0.457 e. The zero-order valence-electron chi connectivity index (χ0n) is 13.8. The Bertz CT molecular complexity index is 827. The lowest BCUT2D eigenvalue weighted by Crippen LogP contribution is -2.12. The number of ether oxygens (including phenoxy) is 1. The van der Waals surface area contributed by atoms with Crippen molar-refractivity contribution < 1.29 is 4.74 Å². The van der Waals surface area contributed by atoms with Gasteiger partial charge in [0.05, 0.1) is 0 Å².